The average molecular weight is 260 g/mol. The van der Waals surface area contributed by atoms with Gasteiger partial charge in [0.05, 0.1) is 6.20 Å². The van der Waals surface area contributed by atoms with Gasteiger partial charge in [0.25, 0.3) is 0 Å². The molecule has 1 aromatic heterocycles. The summed E-state index contributed by atoms with van der Waals surface area (Å²) in [6.45, 7) is 2.39. The van der Waals surface area contributed by atoms with Gasteiger partial charge in [-0.2, -0.15) is 5.10 Å². The molecule has 0 amide bonds. The van der Waals surface area contributed by atoms with Crippen LogP contribution in [0.3, 0.4) is 0 Å². The molecule has 102 valence electrons. The first kappa shape index (κ1) is 13.4. The van der Waals surface area contributed by atoms with E-state index in [2.05, 4.69) is 17.0 Å². The van der Waals surface area contributed by atoms with Crippen LogP contribution in [0.15, 0.2) is 36.7 Å². The zero-order valence-corrected chi connectivity index (χ0v) is 11.4. The Kier molecular flexibility index (Phi) is 4.41. The minimum Gasteiger partial charge on any atom is -0.492 e. The molecule has 5 nitrogen and oxygen atoms in total. The van der Waals surface area contributed by atoms with Gasteiger partial charge in [-0.3, -0.25) is 9.58 Å². The number of nitrogen functional groups attached to an aromatic ring is 1. The van der Waals surface area contributed by atoms with Gasteiger partial charge in [0.15, 0.2) is 0 Å². The Morgan fingerprint density at radius 1 is 1.32 bits per heavy atom. The fourth-order valence-corrected chi connectivity index (χ4v) is 1.83. The van der Waals surface area contributed by atoms with Gasteiger partial charge in [0, 0.05) is 37.6 Å². The molecule has 0 saturated heterocycles. The lowest BCUT2D eigenvalue weighted by atomic mass is 10.3. The van der Waals surface area contributed by atoms with Crippen molar-refractivity contribution < 1.29 is 4.74 Å². The topological polar surface area (TPSA) is 56.3 Å². The summed E-state index contributed by atoms with van der Waals surface area (Å²) in [6.07, 6.45) is 3.91. The molecular weight excluding hydrogens is 240 g/mol. The molecule has 0 saturated carbocycles. The largest absolute Gasteiger partial charge is 0.492 e. The van der Waals surface area contributed by atoms with Crippen molar-refractivity contribution in [2.75, 3.05) is 25.9 Å². The highest BCUT2D eigenvalue weighted by Gasteiger charge is 2.02. The monoisotopic (exact) mass is 260 g/mol. The summed E-state index contributed by atoms with van der Waals surface area (Å²) in [5, 5.41) is 4.15. The van der Waals surface area contributed by atoms with Gasteiger partial charge in [-0.05, 0) is 31.3 Å². The molecule has 2 aromatic rings. The van der Waals surface area contributed by atoms with E-state index in [1.807, 2.05) is 48.4 Å². The Labute approximate surface area is 113 Å². The van der Waals surface area contributed by atoms with Crippen LogP contribution >= 0.6 is 0 Å². The standard InChI is InChI=1S/C14H20N4O/c1-17(10-12-9-16-18(2)11-12)7-8-19-14-5-3-13(15)4-6-14/h3-6,9,11H,7-8,10,15H2,1-2H3. The van der Waals surface area contributed by atoms with Crippen molar-refractivity contribution in [1.82, 2.24) is 14.7 Å². The maximum absolute atomic E-state index is 5.66. The summed E-state index contributed by atoms with van der Waals surface area (Å²) in [5.41, 5.74) is 7.58. The summed E-state index contributed by atoms with van der Waals surface area (Å²) in [7, 11) is 3.99. The fourth-order valence-electron chi connectivity index (χ4n) is 1.83. The van der Waals surface area contributed by atoms with Crippen LogP contribution in [0.25, 0.3) is 0 Å². The minimum atomic E-state index is 0.653. The Balaban J connectivity index is 1.71. The molecule has 1 aromatic carbocycles. The third-order valence-corrected chi connectivity index (χ3v) is 2.83. The summed E-state index contributed by atoms with van der Waals surface area (Å²) >= 11 is 0. The van der Waals surface area contributed by atoms with E-state index in [0.717, 1.165) is 24.5 Å². The molecule has 0 fully saturated rings. The lowest BCUT2D eigenvalue weighted by molar-refractivity contribution is 0.233. The molecule has 0 aliphatic carbocycles. The van der Waals surface area contributed by atoms with Crippen LogP contribution in [0.5, 0.6) is 5.75 Å². The molecule has 19 heavy (non-hydrogen) atoms. The quantitative estimate of drug-likeness (QED) is 0.800. The number of hydrogen-bond donors (Lipinski definition) is 1. The van der Waals surface area contributed by atoms with Crippen LogP contribution in [-0.4, -0.2) is 34.9 Å². The van der Waals surface area contributed by atoms with E-state index < -0.39 is 0 Å². The van der Waals surface area contributed by atoms with Crippen LogP contribution in [0, 0.1) is 0 Å². The first-order chi connectivity index (χ1) is 9.13. The number of likely N-dealkylation sites (N-methyl/N-ethyl adjacent to an activating group) is 1. The third-order valence-electron chi connectivity index (χ3n) is 2.83. The molecule has 0 radical (unpaired) electrons. The molecule has 0 spiro atoms. The lowest BCUT2D eigenvalue weighted by Gasteiger charge is -2.16. The Morgan fingerprint density at radius 3 is 2.68 bits per heavy atom. The lowest BCUT2D eigenvalue weighted by Crippen LogP contribution is -2.23. The number of ether oxygens (including phenoxy) is 1. The second-order valence-corrected chi connectivity index (χ2v) is 4.68. The molecule has 0 unspecified atom stereocenters. The van der Waals surface area contributed by atoms with Crippen molar-refractivity contribution in [3.05, 3.63) is 42.2 Å². The van der Waals surface area contributed by atoms with Crippen molar-refractivity contribution in [2.45, 2.75) is 6.54 Å². The minimum absolute atomic E-state index is 0.653. The predicted octanol–water partition coefficient (Wildman–Crippen LogP) is 1.51. The summed E-state index contributed by atoms with van der Waals surface area (Å²) in [4.78, 5) is 2.20. The second-order valence-electron chi connectivity index (χ2n) is 4.68. The van der Waals surface area contributed by atoms with E-state index in [1.54, 1.807) is 0 Å². The van der Waals surface area contributed by atoms with E-state index in [4.69, 9.17) is 10.5 Å². The van der Waals surface area contributed by atoms with Gasteiger partial charge < -0.3 is 10.5 Å². The first-order valence-electron chi connectivity index (χ1n) is 6.28. The van der Waals surface area contributed by atoms with Crippen LogP contribution < -0.4 is 10.5 Å². The van der Waals surface area contributed by atoms with Crippen LogP contribution in [0.4, 0.5) is 5.69 Å². The van der Waals surface area contributed by atoms with E-state index in [0.29, 0.717) is 6.61 Å². The highest BCUT2D eigenvalue weighted by molar-refractivity contribution is 5.41. The first-order valence-corrected chi connectivity index (χ1v) is 6.28. The SMILES string of the molecule is CN(CCOc1ccc(N)cc1)Cc1cnn(C)c1. The van der Waals surface area contributed by atoms with E-state index in [1.165, 1.54) is 5.56 Å². The van der Waals surface area contributed by atoms with Gasteiger partial charge >= 0.3 is 0 Å². The second kappa shape index (κ2) is 6.24. The summed E-state index contributed by atoms with van der Waals surface area (Å²) in [5.74, 6) is 0.851. The zero-order chi connectivity index (χ0) is 13.7. The Hall–Kier alpha value is -2.01. The average Bonchev–Trinajstić information content (AvgIpc) is 2.77. The number of aryl methyl sites for hydroxylation is 1. The predicted molar refractivity (Wildman–Crippen MR) is 75.9 cm³/mol. The molecular formula is C14H20N4O. The van der Waals surface area contributed by atoms with E-state index >= 15 is 0 Å². The number of aromatic nitrogens is 2. The van der Waals surface area contributed by atoms with Crippen molar-refractivity contribution in [3.63, 3.8) is 0 Å². The number of rotatable bonds is 6. The van der Waals surface area contributed by atoms with E-state index in [-0.39, 0.29) is 0 Å². The normalized spacial score (nSPS) is 10.9. The number of nitrogens with two attached hydrogens (primary N) is 1. The number of anilines is 1. The number of hydrogen-bond acceptors (Lipinski definition) is 4. The highest BCUT2D eigenvalue weighted by Crippen LogP contribution is 2.12. The van der Waals surface area contributed by atoms with Gasteiger partial charge in [0.2, 0.25) is 0 Å². The Bertz CT molecular complexity index is 506. The van der Waals surface area contributed by atoms with Crippen molar-refractivity contribution in [1.29, 1.82) is 0 Å². The molecule has 0 aliphatic heterocycles. The van der Waals surface area contributed by atoms with Gasteiger partial charge in [-0.25, -0.2) is 0 Å². The smallest absolute Gasteiger partial charge is 0.119 e. The van der Waals surface area contributed by atoms with Gasteiger partial charge in [0.1, 0.15) is 12.4 Å². The van der Waals surface area contributed by atoms with Crippen LogP contribution in [-0.2, 0) is 13.6 Å². The van der Waals surface area contributed by atoms with Gasteiger partial charge in [-0.15, -0.1) is 0 Å². The zero-order valence-electron chi connectivity index (χ0n) is 11.4. The molecule has 2 N–H and O–H groups in total. The third kappa shape index (κ3) is 4.30. The van der Waals surface area contributed by atoms with Crippen LogP contribution in [0.1, 0.15) is 5.56 Å². The van der Waals surface area contributed by atoms with E-state index in [9.17, 15) is 0 Å². The highest BCUT2D eigenvalue weighted by atomic mass is 16.5. The van der Waals surface area contributed by atoms with Crippen molar-refractivity contribution in [2.24, 2.45) is 7.05 Å². The molecule has 5 heteroatoms. The molecule has 0 atom stereocenters. The summed E-state index contributed by atoms with van der Waals surface area (Å²) < 4.78 is 7.47. The van der Waals surface area contributed by atoms with Crippen molar-refractivity contribution >= 4 is 5.69 Å². The summed E-state index contributed by atoms with van der Waals surface area (Å²) in [6, 6.07) is 7.45. The number of benzene rings is 1. The Morgan fingerprint density at radius 2 is 2.05 bits per heavy atom. The molecule has 0 bridgehead atoms. The molecule has 0 aliphatic rings. The van der Waals surface area contributed by atoms with Crippen LogP contribution in [0.2, 0.25) is 0 Å². The van der Waals surface area contributed by atoms with Crippen molar-refractivity contribution in [3.8, 4) is 5.75 Å². The number of nitrogens with zero attached hydrogens (tertiary/aromatic N) is 3. The molecule has 2 rings (SSSR count). The fraction of sp³-hybridized carbons (Fsp3) is 0.357. The molecule has 1 heterocycles. The maximum atomic E-state index is 5.66. The maximum Gasteiger partial charge on any atom is 0.119 e. The van der Waals surface area contributed by atoms with Gasteiger partial charge in [-0.1, -0.05) is 0 Å².